The summed E-state index contributed by atoms with van der Waals surface area (Å²) in [5, 5.41) is 0. The lowest BCUT2D eigenvalue weighted by molar-refractivity contribution is -0.0498. The molecule has 0 amide bonds. The van der Waals surface area contributed by atoms with Crippen molar-refractivity contribution in [1.29, 1.82) is 0 Å². The fourth-order valence-electron chi connectivity index (χ4n) is 0.861. The second kappa shape index (κ2) is 5.51. The van der Waals surface area contributed by atoms with Crippen LogP contribution in [0.1, 0.15) is 5.56 Å². The van der Waals surface area contributed by atoms with Gasteiger partial charge in [0, 0.05) is 5.56 Å². The summed E-state index contributed by atoms with van der Waals surface area (Å²) >= 11 is 3.92. The zero-order chi connectivity index (χ0) is 10.4. The van der Waals surface area contributed by atoms with Crippen molar-refractivity contribution in [1.82, 2.24) is 0 Å². The first-order valence-corrected chi connectivity index (χ1v) is 4.50. The quantitative estimate of drug-likeness (QED) is 0.588. The fourth-order valence-corrected chi connectivity index (χ4v) is 0.940. The summed E-state index contributed by atoms with van der Waals surface area (Å²) < 4.78 is 27.7. The van der Waals surface area contributed by atoms with Crippen molar-refractivity contribution < 1.29 is 13.5 Å². The number of hydrogen-bond acceptors (Lipinski definition) is 2. The number of alkyl halides is 2. The van der Waals surface area contributed by atoms with Gasteiger partial charge in [-0.05, 0) is 24.3 Å². The summed E-state index contributed by atoms with van der Waals surface area (Å²) in [6.07, 6.45) is 0. The number of rotatable bonds is 2. The Bertz CT molecular complexity index is 337. The topological polar surface area (TPSA) is 9.23 Å². The lowest BCUT2D eigenvalue weighted by atomic mass is 10.2. The standard InChI is InChI=1S/C10H8F2OS/c11-10(12)13-9-5-3-8(4-6-9)2-1-7-14/h3-6,10,14H,7H2. The smallest absolute Gasteiger partial charge is 0.387 e. The van der Waals surface area contributed by atoms with E-state index in [0.29, 0.717) is 5.75 Å². The molecule has 0 fully saturated rings. The van der Waals surface area contributed by atoms with Crippen molar-refractivity contribution in [3.05, 3.63) is 29.8 Å². The Morgan fingerprint density at radius 3 is 2.43 bits per heavy atom. The van der Waals surface area contributed by atoms with Crippen molar-refractivity contribution in [3.8, 4) is 17.6 Å². The lowest BCUT2D eigenvalue weighted by Crippen LogP contribution is -2.01. The molecular weight excluding hydrogens is 206 g/mol. The number of benzene rings is 1. The molecule has 0 unspecified atom stereocenters. The van der Waals surface area contributed by atoms with Crippen molar-refractivity contribution in [3.63, 3.8) is 0 Å². The van der Waals surface area contributed by atoms with Crippen molar-refractivity contribution >= 4 is 12.6 Å². The summed E-state index contributed by atoms with van der Waals surface area (Å²) in [5.74, 6) is 6.16. The molecule has 0 aliphatic carbocycles. The van der Waals surface area contributed by atoms with Gasteiger partial charge in [-0.2, -0.15) is 21.4 Å². The van der Waals surface area contributed by atoms with Gasteiger partial charge in [-0.25, -0.2) is 0 Å². The third-order valence-corrected chi connectivity index (χ3v) is 1.55. The van der Waals surface area contributed by atoms with Gasteiger partial charge < -0.3 is 4.74 Å². The average molecular weight is 214 g/mol. The van der Waals surface area contributed by atoms with Crippen LogP contribution < -0.4 is 4.74 Å². The van der Waals surface area contributed by atoms with E-state index >= 15 is 0 Å². The van der Waals surface area contributed by atoms with E-state index in [1.807, 2.05) is 0 Å². The van der Waals surface area contributed by atoms with Gasteiger partial charge >= 0.3 is 6.61 Å². The number of ether oxygens (including phenoxy) is 1. The van der Waals surface area contributed by atoms with Crippen molar-refractivity contribution in [2.75, 3.05) is 5.75 Å². The predicted octanol–water partition coefficient (Wildman–Crippen LogP) is 2.57. The molecule has 74 valence electrons. The maximum Gasteiger partial charge on any atom is 0.387 e. The van der Waals surface area contributed by atoms with Crippen LogP contribution in [0.5, 0.6) is 5.75 Å². The predicted molar refractivity (Wildman–Crippen MR) is 53.8 cm³/mol. The Balaban J connectivity index is 2.68. The molecule has 1 nitrogen and oxygen atoms in total. The summed E-state index contributed by atoms with van der Waals surface area (Å²) in [6.45, 7) is -2.79. The van der Waals surface area contributed by atoms with Crippen LogP contribution in [0, 0.1) is 11.8 Å². The average Bonchev–Trinajstić information content (AvgIpc) is 2.16. The molecule has 1 rings (SSSR count). The zero-order valence-corrected chi connectivity index (χ0v) is 8.10. The van der Waals surface area contributed by atoms with E-state index < -0.39 is 6.61 Å². The summed E-state index contributed by atoms with van der Waals surface area (Å²) in [4.78, 5) is 0. The van der Waals surface area contributed by atoms with Crippen LogP contribution in [0.4, 0.5) is 8.78 Å². The SMILES string of the molecule is FC(F)Oc1ccc(C#CCS)cc1. The molecule has 0 aliphatic rings. The molecule has 1 aromatic carbocycles. The highest BCUT2D eigenvalue weighted by Gasteiger charge is 2.02. The monoisotopic (exact) mass is 214 g/mol. The van der Waals surface area contributed by atoms with Crippen LogP contribution in [-0.2, 0) is 0 Å². The van der Waals surface area contributed by atoms with Gasteiger partial charge in [0.1, 0.15) is 5.75 Å². The Morgan fingerprint density at radius 1 is 1.29 bits per heavy atom. The molecule has 0 bridgehead atoms. The molecule has 0 heterocycles. The molecule has 0 atom stereocenters. The van der Waals surface area contributed by atoms with E-state index in [-0.39, 0.29) is 5.75 Å². The first kappa shape index (κ1) is 10.9. The molecule has 0 spiro atoms. The largest absolute Gasteiger partial charge is 0.435 e. The second-order valence-electron chi connectivity index (χ2n) is 2.36. The summed E-state index contributed by atoms with van der Waals surface area (Å²) in [5.41, 5.74) is 0.751. The minimum atomic E-state index is -2.79. The van der Waals surface area contributed by atoms with Gasteiger partial charge in [-0.1, -0.05) is 11.8 Å². The van der Waals surface area contributed by atoms with E-state index in [4.69, 9.17) is 0 Å². The van der Waals surface area contributed by atoms with Crippen LogP contribution in [0.2, 0.25) is 0 Å². The van der Waals surface area contributed by atoms with Crippen LogP contribution in [0.25, 0.3) is 0 Å². The molecule has 0 aliphatic heterocycles. The fraction of sp³-hybridized carbons (Fsp3) is 0.200. The summed E-state index contributed by atoms with van der Waals surface area (Å²) in [6, 6.07) is 6.14. The van der Waals surface area contributed by atoms with Crippen LogP contribution >= 0.6 is 12.6 Å². The maximum atomic E-state index is 11.8. The third-order valence-electron chi connectivity index (χ3n) is 1.39. The second-order valence-corrected chi connectivity index (χ2v) is 2.68. The molecule has 14 heavy (non-hydrogen) atoms. The highest BCUT2D eigenvalue weighted by atomic mass is 32.1. The van der Waals surface area contributed by atoms with E-state index in [9.17, 15) is 8.78 Å². The van der Waals surface area contributed by atoms with Gasteiger partial charge in [0.2, 0.25) is 0 Å². The van der Waals surface area contributed by atoms with Gasteiger partial charge in [0.05, 0.1) is 5.75 Å². The van der Waals surface area contributed by atoms with Gasteiger partial charge in [0.15, 0.2) is 0 Å². The lowest BCUT2D eigenvalue weighted by Gasteiger charge is -2.02. The Labute approximate surface area is 86.5 Å². The molecule has 0 saturated carbocycles. The Kier molecular flexibility index (Phi) is 4.27. The number of hydrogen-bond donors (Lipinski definition) is 1. The zero-order valence-electron chi connectivity index (χ0n) is 7.21. The Morgan fingerprint density at radius 2 is 1.93 bits per heavy atom. The number of halogens is 2. The first-order chi connectivity index (χ1) is 6.72. The molecule has 1 aromatic rings. The van der Waals surface area contributed by atoms with Crippen molar-refractivity contribution in [2.24, 2.45) is 0 Å². The minimum absolute atomic E-state index is 0.136. The molecule has 0 radical (unpaired) electrons. The molecular formula is C10H8F2OS. The maximum absolute atomic E-state index is 11.8. The molecule has 0 aromatic heterocycles. The highest BCUT2D eigenvalue weighted by Crippen LogP contribution is 2.14. The first-order valence-electron chi connectivity index (χ1n) is 3.87. The van der Waals surface area contributed by atoms with Gasteiger partial charge in [-0.3, -0.25) is 0 Å². The van der Waals surface area contributed by atoms with Crippen LogP contribution in [0.15, 0.2) is 24.3 Å². The van der Waals surface area contributed by atoms with E-state index in [1.165, 1.54) is 12.1 Å². The normalized spacial score (nSPS) is 9.43. The minimum Gasteiger partial charge on any atom is -0.435 e. The van der Waals surface area contributed by atoms with Gasteiger partial charge in [0.25, 0.3) is 0 Å². The highest BCUT2D eigenvalue weighted by molar-refractivity contribution is 7.80. The van der Waals surface area contributed by atoms with Crippen LogP contribution in [-0.4, -0.2) is 12.4 Å². The molecule has 0 saturated heterocycles. The molecule has 4 heteroatoms. The number of thiol groups is 1. The molecule has 0 N–H and O–H groups in total. The Hall–Kier alpha value is -1.21. The van der Waals surface area contributed by atoms with Gasteiger partial charge in [-0.15, -0.1) is 0 Å². The van der Waals surface area contributed by atoms with E-state index in [0.717, 1.165) is 5.56 Å². The van der Waals surface area contributed by atoms with E-state index in [1.54, 1.807) is 12.1 Å². The van der Waals surface area contributed by atoms with E-state index in [2.05, 4.69) is 29.2 Å². The van der Waals surface area contributed by atoms with Crippen LogP contribution in [0.3, 0.4) is 0 Å². The van der Waals surface area contributed by atoms with Crippen molar-refractivity contribution in [2.45, 2.75) is 6.61 Å². The third kappa shape index (κ3) is 3.67. The summed E-state index contributed by atoms with van der Waals surface area (Å²) in [7, 11) is 0.